The smallest absolute Gasteiger partial charge is 0.407 e. The molecule has 9 heteroatoms. The molecule has 146 valence electrons. The highest BCUT2D eigenvalue weighted by Gasteiger charge is 2.31. The minimum atomic E-state index is -1.08. The van der Waals surface area contributed by atoms with Crippen LogP contribution in [0.2, 0.25) is 0 Å². The highest BCUT2D eigenvalue weighted by Crippen LogP contribution is 2.11. The number of methoxy groups -OCH3 is 1. The first-order valence-electron chi connectivity index (χ1n) is 8.08. The van der Waals surface area contributed by atoms with Crippen molar-refractivity contribution < 1.29 is 28.1 Å². The lowest BCUT2D eigenvalue weighted by atomic mass is 10.1. The molecule has 0 bridgehead atoms. The van der Waals surface area contributed by atoms with E-state index >= 15 is 0 Å². The Bertz CT molecular complexity index is 462. The molecule has 0 rings (SSSR count). The second-order valence-corrected chi connectivity index (χ2v) is 7.22. The maximum atomic E-state index is 12.1. The Kier molecular flexibility index (Phi) is 9.81. The van der Waals surface area contributed by atoms with Crippen LogP contribution in [0.3, 0.4) is 0 Å². The van der Waals surface area contributed by atoms with Gasteiger partial charge >= 0.3 is 12.1 Å². The van der Waals surface area contributed by atoms with Crippen LogP contribution >= 0.6 is 11.9 Å². The number of ether oxygens (including phenoxy) is 2. The van der Waals surface area contributed by atoms with E-state index in [1.54, 1.807) is 34.6 Å². The topological polar surface area (TPSA) is 103 Å². The van der Waals surface area contributed by atoms with Gasteiger partial charge in [0.15, 0.2) is 0 Å². The van der Waals surface area contributed by atoms with Crippen LogP contribution in [0.1, 0.15) is 53.9 Å². The average Bonchev–Trinajstić information content (AvgIpc) is 2.50. The molecule has 0 aliphatic carbocycles. The minimum Gasteiger partial charge on any atom is -0.444 e. The van der Waals surface area contributed by atoms with Crippen molar-refractivity contribution in [2.75, 3.05) is 13.7 Å². The molecule has 0 aromatic carbocycles. The normalized spacial score (nSPS) is 12.9. The van der Waals surface area contributed by atoms with Crippen molar-refractivity contribution >= 4 is 29.8 Å². The zero-order valence-electron chi connectivity index (χ0n) is 15.7. The van der Waals surface area contributed by atoms with Crippen molar-refractivity contribution in [3.05, 3.63) is 0 Å². The summed E-state index contributed by atoms with van der Waals surface area (Å²) in [4.78, 5) is 35.3. The number of carbonyl (C=O) groups excluding carboxylic acids is 3. The molecule has 0 aliphatic rings. The third-order valence-electron chi connectivity index (χ3n) is 3.31. The van der Waals surface area contributed by atoms with Gasteiger partial charge in [-0.05, 0) is 53.9 Å². The number of unbranched alkanes of at least 4 members (excludes halogenated alkanes) is 1. The van der Waals surface area contributed by atoms with Gasteiger partial charge in [0.05, 0.1) is 0 Å². The average molecular weight is 381 g/mol. The van der Waals surface area contributed by atoms with Crippen LogP contribution in [0.15, 0.2) is 0 Å². The number of alkyl carbamates (subject to hydrolysis) is 1. The lowest BCUT2D eigenvalue weighted by Gasteiger charge is -2.24. The summed E-state index contributed by atoms with van der Waals surface area (Å²) in [5.41, 5.74) is -1.64. The Hall–Kier alpha value is -1.54. The largest absolute Gasteiger partial charge is 0.444 e. The molecule has 0 saturated heterocycles. The van der Waals surface area contributed by atoms with Gasteiger partial charge in [-0.15, -0.1) is 0 Å². The molecule has 0 fully saturated rings. The highest BCUT2D eigenvalue weighted by molar-refractivity contribution is 6.14. The molecule has 8 nitrogen and oxygen atoms in total. The van der Waals surface area contributed by atoms with Gasteiger partial charge in [-0.2, -0.15) is 0 Å². The molecule has 0 spiro atoms. The quantitative estimate of drug-likeness (QED) is 0.595. The summed E-state index contributed by atoms with van der Waals surface area (Å²) in [6, 6.07) is -0.888. The van der Waals surface area contributed by atoms with Crippen LogP contribution in [-0.2, 0) is 23.4 Å². The molecule has 0 radical (unpaired) electrons. The van der Waals surface area contributed by atoms with Crippen molar-refractivity contribution in [2.45, 2.75) is 71.1 Å². The third kappa shape index (κ3) is 10.1. The lowest BCUT2D eigenvalue weighted by Crippen LogP contribution is -2.50. The van der Waals surface area contributed by atoms with E-state index in [2.05, 4.69) is 14.9 Å². The van der Waals surface area contributed by atoms with Crippen molar-refractivity contribution in [3.8, 4) is 0 Å². The molecule has 0 heterocycles. The maximum Gasteiger partial charge on any atom is 0.407 e. The molecule has 1 atom stereocenters. The molecule has 0 aromatic rings. The Morgan fingerprint density at radius 1 is 1.08 bits per heavy atom. The van der Waals surface area contributed by atoms with Crippen molar-refractivity contribution in [1.29, 1.82) is 0 Å². The summed E-state index contributed by atoms with van der Waals surface area (Å²) in [5, 5.41) is 5.17. The lowest BCUT2D eigenvalue weighted by molar-refractivity contribution is -0.146. The fraction of sp³-hybridized carbons (Fsp3) is 0.812. The summed E-state index contributed by atoms with van der Waals surface area (Å²) in [7, 11) is 1.40. The predicted molar refractivity (Wildman–Crippen MR) is 93.1 cm³/mol. The van der Waals surface area contributed by atoms with Gasteiger partial charge in [0.25, 0.3) is 5.91 Å². The van der Waals surface area contributed by atoms with Crippen molar-refractivity contribution in [2.24, 2.45) is 0 Å². The van der Waals surface area contributed by atoms with Crippen LogP contribution in [0.4, 0.5) is 4.79 Å². The second-order valence-electron chi connectivity index (χ2n) is 7.06. The number of hydrogen-bond acceptors (Lipinski definition) is 6. The zero-order chi connectivity index (χ0) is 19.7. The summed E-state index contributed by atoms with van der Waals surface area (Å²) in [6.45, 7) is 8.87. The van der Waals surface area contributed by atoms with E-state index in [-0.39, 0.29) is 0 Å². The Morgan fingerprint density at radius 2 is 1.68 bits per heavy atom. The molecule has 0 saturated carbocycles. The summed E-state index contributed by atoms with van der Waals surface area (Å²) in [5.74, 6) is -1.20. The van der Waals surface area contributed by atoms with Gasteiger partial charge < -0.3 is 24.4 Å². The zero-order valence-corrected chi connectivity index (χ0v) is 16.5. The molecule has 0 aromatic heterocycles. The SMILES string of the molecule is COC(C)(C)C(=O)N[C@@H](CCCCNC(=O)OC(C)(C)C)C(=O)OCl. The van der Waals surface area contributed by atoms with E-state index in [1.807, 2.05) is 0 Å². The van der Waals surface area contributed by atoms with E-state index in [4.69, 9.17) is 21.3 Å². The summed E-state index contributed by atoms with van der Waals surface area (Å²) in [6.07, 6.45) is 0.960. The molecular formula is C16H29ClN2O6. The van der Waals surface area contributed by atoms with E-state index in [0.29, 0.717) is 25.8 Å². The standard InChI is InChI=1S/C16H29ClN2O6/c1-15(2,3)24-14(22)18-10-8-7-9-11(12(20)25-17)19-13(21)16(4,5)23-6/h11H,7-10H2,1-6H3,(H,18,22)(H,19,21)/t11-/m0/s1. The first kappa shape index (κ1) is 23.5. The molecule has 2 N–H and O–H groups in total. The molecule has 25 heavy (non-hydrogen) atoms. The number of halogens is 1. The van der Waals surface area contributed by atoms with Gasteiger partial charge in [0.1, 0.15) is 29.1 Å². The fourth-order valence-electron chi connectivity index (χ4n) is 1.71. The van der Waals surface area contributed by atoms with E-state index in [1.165, 1.54) is 7.11 Å². The number of amides is 2. The van der Waals surface area contributed by atoms with Gasteiger partial charge in [-0.3, -0.25) is 4.79 Å². The minimum absolute atomic E-state index is 0.313. The Labute approximate surface area is 154 Å². The van der Waals surface area contributed by atoms with E-state index < -0.39 is 35.2 Å². The van der Waals surface area contributed by atoms with Crippen LogP contribution in [0, 0.1) is 0 Å². The molecular weight excluding hydrogens is 352 g/mol. The van der Waals surface area contributed by atoms with E-state index in [9.17, 15) is 14.4 Å². The van der Waals surface area contributed by atoms with Gasteiger partial charge in [0, 0.05) is 13.7 Å². The van der Waals surface area contributed by atoms with Crippen LogP contribution < -0.4 is 10.6 Å². The number of carbonyl (C=O) groups is 3. The van der Waals surface area contributed by atoms with Gasteiger partial charge in [0.2, 0.25) is 0 Å². The monoisotopic (exact) mass is 380 g/mol. The number of hydrogen-bond donors (Lipinski definition) is 2. The highest BCUT2D eigenvalue weighted by atomic mass is 35.5. The predicted octanol–water partition coefficient (Wildman–Crippen LogP) is 2.29. The summed E-state index contributed by atoms with van der Waals surface area (Å²) < 4.78 is 14.4. The molecule has 2 amide bonds. The van der Waals surface area contributed by atoms with Crippen molar-refractivity contribution in [1.82, 2.24) is 10.6 Å². The number of nitrogens with one attached hydrogen (secondary N) is 2. The Morgan fingerprint density at radius 3 is 2.16 bits per heavy atom. The first-order valence-corrected chi connectivity index (χ1v) is 8.39. The van der Waals surface area contributed by atoms with Gasteiger partial charge in [-0.1, -0.05) is 0 Å². The molecule has 0 unspecified atom stereocenters. The van der Waals surface area contributed by atoms with E-state index in [0.717, 1.165) is 0 Å². The summed E-state index contributed by atoms with van der Waals surface area (Å²) >= 11 is 5.12. The third-order valence-corrected chi connectivity index (χ3v) is 3.46. The van der Waals surface area contributed by atoms with Crippen molar-refractivity contribution in [3.63, 3.8) is 0 Å². The van der Waals surface area contributed by atoms with Crippen LogP contribution in [-0.4, -0.2) is 48.9 Å². The van der Waals surface area contributed by atoms with Gasteiger partial charge in [-0.25, -0.2) is 9.59 Å². The van der Waals surface area contributed by atoms with Crippen LogP contribution in [0.25, 0.3) is 0 Å². The molecule has 0 aliphatic heterocycles. The fourth-order valence-corrected chi connectivity index (χ4v) is 1.81. The Balaban J connectivity index is 4.32. The van der Waals surface area contributed by atoms with Crippen LogP contribution in [0.5, 0.6) is 0 Å². The maximum absolute atomic E-state index is 12.1. The second kappa shape index (κ2) is 10.5. The number of rotatable bonds is 9. The first-order chi connectivity index (χ1) is 11.4.